The first-order valence-corrected chi connectivity index (χ1v) is 5.49. The molecule has 1 aliphatic heterocycles. The molecule has 0 bridgehead atoms. The third-order valence-corrected chi connectivity index (χ3v) is 2.24. The van der Waals surface area contributed by atoms with Gasteiger partial charge in [0.2, 0.25) is 0 Å². The molecule has 0 aromatic rings. The molecule has 0 aliphatic carbocycles. The van der Waals surface area contributed by atoms with Crippen molar-refractivity contribution in [2.45, 2.75) is 45.7 Å². The van der Waals surface area contributed by atoms with Crippen molar-refractivity contribution in [3.05, 3.63) is 0 Å². The largest absolute Gasteiger partial charge is 0.325 e. The number of piperidine rings is 1. The van der Waals surface area contributed by atoms with Gasteiger partial charge in [0.05, 0.1) is 0 Å². The highest BCUT2D eigenvalue weighted by Crippen LogP contribution is 2.09. The maximum atomic E-state index is 10.6. The van der Waals surface area contributed by atoms with Crippen molar-refractivity contribution in [3.63, 3.8) is 0 Å². The topological polar surface area (TPSA) is 50.8 Å². The SMILES string of the molecule is CC([O])OC(C)OCON1CCCCC1. The van der Waals surface area contributed by atoms with Gasteiger partial charge in [0, 0.05) is 13.1 Å². The Morgan fingerprint density at radius 2 is 1.87 bits per heavy atom. The summed E-state index contributed by atoms with van der Waals surface area (Å²) >= 11 is 0. The minimum Gasteiger partial charge on any atom is -0.325 e. The van der Waals surface area contributed by atoms with Gasteiger partial charge in [0.1, 0.15) is 0 Å². The molecule has 1 aliphatic rings. The van der Waals surface area contributed by atoms with Gasteiger partial charge < -0.3 is 9.47 Å². The van der Waals surface area contributed by atoms with E-state index in [9.17, 15) is 5.11 Å². The standard InChI is InChI=1S/C10H20NO4/c1-9(12)15-10(2)13-8-14-11-6-4-3-5-7-11/h9-10H,3-8H2,1-2H3. The lowest BCUT2D eigenvalue weighted by atomic mass is 10.2. The minimum absolute atomic E-state index is 0.147. The molecule has 15 heavy (non-hydrogen) atoms. The van der Waals surface area contributed by atoms with Gasteiger partial charge in [-0.1, -0.05) is 6.42 Å². The van der Waals surface area contributed by atoms with Crippen molar-refractivity contribution in [2.75, 3.05) is 19.9 Å². The third kappa shape index (κ3) is 6.06. The molecule has 1 fully saturated rings. The summed E-state index contributed by atoms with van der Waals surface area (Å²) in [4.78, 5) is 5.36. The number of nitrogens with zero attached hydrogens (tertiary/aromatic N) is 1. The van der Waals surface area contributed by atoms with Crippen LogP contribution in [0.4, 0.5) is 0 Å². The van der Waals surface area contributed by atoms with Crippen molar-refractivity contribution < 1.29 is 19.4 Å². The smallest absolute Gasteiger partial charge is 0.191 e. The Kier molecular flexibility index (Phi) is 6.12. The summed E-state index contributed by atoms with van der Waals surface area (Å²) in [5.74, 6) is 0. The van der Waals surface area contributed by atoms with Gasteiger partial charge in [0.25, 0.3) is 0 Å². The van der Waals surface area contributed by atoms with E-state index in [1.807, 2.05) is 5.06 Å². The van der Waals surface area contributed by atoms with Crippen LogP contribution in [0.2, 0.25) is 0 Å². The molecule has 0 aromatic heterocycles. The molecule has 0 saturated carbocycles. The predicted octanol–water partition coefficient (Wildman–Crippen LogP) is 1.52. The predicted molar refractivity (Wildman–Crippen MR) is 53.2 cm³/mol. The van der Waals surface area contributed by atoms with Crippen LogP contribution in [-0.4, -0.2) is 37.5 Å². The van der Waals surface area contributed by atoms with E-state index in [-0.39, 0.29) is 6.79 Å². The summed E-state index contributed by atoms with van der Waals surface area (Å²) < 4.78 is 10.0. The number of ether oxygens (including phenoxy) is 2. The zero-order valence-corrected chi connectivity index (χ0v) is 9.48. The number of hydrogen-bond acceptors (Lipinski definition) is 4. The first kappa shape index (κ1) is 12.9. The van der Waals surface area contributed by atoms with Gasteiger partial charge in [-0.15, -0.1) is 0 Å². The van der Waals surface area contributed by atoms with Crippen molar-refractivity contribution in [2.24, 2.45) is 0 Å². The normalized spacial score (nSPS) is 22.6. The maximum absolute atomic E-state index is 10.6. The Hall–Kier alpha value is -0.200. The van der Waals surface area contributed by atoms with Crippen LogP contribution in [0.15, 0.2) is 0 Å². The molecule has 1 radical (unpaired) electrons. The van der Waals surface area contributed by atoms with E-state index in [4.69, 9.17) is 14.3 Å². The molecule has 1 rings (SSSR count). The van der Waals surface area contributed by atoms with Gasteiger partial charge in [-0.2, -0.15) is 5.06 Å². The fourth-order valence-corrected chi connectivity index (χ4v) is 1.50. The molecule has 0 N–H and O–H groups in total. The lowest BCUT2D eigenvalue weighted by Crippen LogP contribution is -2.32. The summed E-state index contributed by atoms with van der Waals surface area (Å²) in [5.41, 5.74) is 0. The highest BCUT2D eigenvalue weighted by atomic mass is 16.8. The molecule has 89 valence electrons. The van der Waals surface area contributed by atoms with Crippen LogP contribution in [0.25, 0.3) is 0 Å². The second kappa shape index (κ2) is 7.14. The number of rotatable bonds is 6. The van der Waals surface area contributed by atoms with Crippen molar-refractivity contribution >= 4 is 0 Å². The fourth-order valence-electron chi connectivity index (χ4n) is 1.50. The first-order chi connectivity index (χ1) is 7.18. The Morgan fingerprint density at radius 3 is 2.47 bits per heavy atom. The monoisotopic (exact) mass is 218 g/mol. The van der Waals surface area contributed by atoms with E-state index < -0.39 is 12.6 Å². The van der Waals surface area contributed by atoms with Gasteiger partial charge in [0.15, 0.2) is 19.4 Å². The quantitative estimate of drug-likeness (QED) is 0.634. The molecule has 2 unspecified atom stereocenters. The van der Waals surface area contributed by atoms with Gasteiger partial charge in [-0.25, -0.2) is 5.11 Å². The van der Waals surface area contributed by atoms with E-state index in [1.54, 1.807) is 6.92 Å². The molecule has 0 aromatic carbocycles. The van der Waals surface area contributed by atoms with Crippen LogP contribution in [0.5, 0.6) is 0 Å². The Bertz CT molecular complexity index is 160. The molecule has 0 amide bonds. The zero-order chi connectivity index (χ0) is 11.1. The maximum Gasteiger partial charge on any atom is 0.191 e. The summed E-state index contributed by atoms with van der Waals surface area (Å²) in [6.07, 6.45) is 2.04. The van der Waals surface area contributed by atoms with Crippen LogP contribution < -0.4 is 0 Å². The van der Waals surface area contributed by atoms with Crippen LogP contribution >= 0.6 is 0 Å². The van der Waals surface area contributed by atoms with Crippen molar-refractivity contribution in [1.29, 1.82) is 0 Å². The zero-order valence-electron chi connectivity index (χ0n) is 9.48. The summed E-state index contributed by atoms with van der Waals surface area (Å²) in [6, 6.07) is 0. The molecule has 2 atom stereocenters. The first-order valence-electron chi connectivity index (χ1n) is 5.49. The van der Waals surface area contributed by atoms with Gasteiger partial charge in [-0.05, 0) is 26.7 Å². The Labute approximate surface area is 90.9 Å². The lowest BCUT2D eigenvalue weighted by molar-refractivity contribution is -0.297. The van der Waals surface area contributed by atoms with Crippen molar-refractivity contribution in [1.82, 2.24) is 5.06 Å². The summed E-state index contributed by atoms with van der Waals surface area (Å²) in [6.45, 7) is 5.18. The van der Waals surface area contributed by atoms with Crippen molar-refractivity contribution in [3.8, 4) is 0 Å². The Balaban J connectivity index is 1.99. The second-order valence-corrected chi connectivity index (χ2v) is 3.67. The van der Waals surface area contributed by atoms with Crippen LogP contribution in [0.1, 0.15) is 33.1 Å². The Morgan fingerprint density at radius 1 is 1.20 bits per heavy atom. The number of hydroxylamine groups is 2. The minimum atomic E-state index is -1.06. The molecule has 5 nitrogen and oxygen atoms in total. The second-order valence-electron chi connectivity index (χ2n) is 3.67. The number of hydrogen-bond donors (Lipinski definition) is 0. The average Bonchev–Trinajstić information content (AvgIpc) is 2.18. The third-order valence-electron chi connectivity index (χ3n) is 2.24. The van der Waals surface area contributed by atoms with E-state index >= 15 is 0 Å². The van der Waals surface area contributed by atoms with E-state index in [2.05, 4.69) is 0 Å². The highest BCUT2D eigenvalue weighted by Gasteiger charge is 2.11. The van der Waals surface area contributed by atoms with E-state index in [1.165, 1.54) is 26.2 Å². The van der Waals surface area contributed by atoms with Crippen LogP contribution in [-0.2, 0) is 19.4 Å². The summed E-state index contributed by atoms with van der Waals surface area (Å²) in [5, 5.41) is 12.5. The van der Waals surface area contributed by atoms with Crippen LogP contribution in [0, 0.1) is 0 Å². The van der Waals surface area contributed by atoms with Gasteiger partial charge in [-0.3, -0.25) is 4.84 Å². The molecular weight excluding hydrogens is 198 g/mol. The molecule has 0 spiro atoms. The highest BCUT2D eigenvalue weighted by molar-refractivity contribution is 4.55. The van der Waals surface area contributed by atoms with Crippen LogP contribution in [0.3, 0.4) is 0 Å². The van der Waals surface area contributed by atoms with Gasteiger partial charge >= 0.3 is 0 Å². The summed E-state index contributed by atoms with van der Waals surface area (Å²) in [7, 11) is 0. The average molecular weight is 218 g/mol. The fraction of sp³-hybridized carbons (Fsp3) is 1.00. The molecule has 5 heteroatoms. The van der Waals surface area contributed by atoms with E-state index in [0.717, 1.165) is 13.1 Å². The molecule has 1 heterocycles. The lowest BCUT2D eigenvalue weighted by Gasteiger charge is -2.26. The molecular formula is C10H20NO4. The van der Waals surface area contributed by atoms with E-state index in [0.29, 0.717) is 0 Å². The molecule has 1 saturated heterocycles.